The van der Waals surface area contributed by atoms with Crippen LogP contribution in [0.4, 0.5) is 0 Å². The van der Waals surface area contributed by atoms with E-state index in [0.29, 0.717) is 22.5 Å². The minimum absolute atomic E-state index is 0.107. The molecule has 0 radical (unpaired) electrons. The van der Waals surface area contributed by atoms with Gasteiger partial charge in [-0.25, -0.2) is 0 Å². The number of halogens is 2. The summed E-state index contributed by atoms with van der Waals surface area (Å²) in [5, 5.41) is 3.78. The highest BCUT2D eigenvalue weighted by atomic mass is 35.5. The highest BCUT2D eigenvalue weighted by Gasteiger charge is 1.99. The first-order chi connectivity index (χ1) is 7.99. The Labute approximate surface area is 112 Å². The first-order valence-electron chi connectivity index (χ1n) is 5.40. The predicted molar refractivity (Wildman–Crippen MR) is 73.3 cm³/mol. The molecule has 17 heavy (non-hydrogen) atoms. The van der Waals surface area contributed by atoms with Crippen molar-refractivity contribution in [2.24, 2.45) is 5.92 Å². The molecule has 0 aromatic heterocycles. The lowest BCUT2D eigenvalue weighted by atomic mass is 10.2. The fourth-order valence-corrected chi connectivity index (χ4v) is 1.46. The quantitative estimate of drug-likeness (QED) is 0.830. The van der Waals surface area contributed by atoms with Crippen LogP contribution >= 0.6 is 23.2 Å². The van der Waals surface area contributed by atoms with Crippen molar-refractivity contribution < 1.29 is 4.79 Å². The second-order valence-corrected chi connectivity index (χ2v) is 4.96. The van der Waals surface area contributed by atoms with E-state index in [4.69, 9.17) is 23.2 Å². The Hall–Kier alpha value is -0.990. The monoisotopic (exact) mass is 271 g/mol. The summed E-state index contributed by atoms with van der Waals surface area (Å²) in [5.74, 6) is 0.335. The topological polar surface area (TPSA) is 29.1 Å². The van der Waals surface area contributed by atoms with Crippen molar-refractivity contribution in [1.82, 2.24) is 5.32 Å². The minimum Gasteiger partial charge on any atom is -0.352 e. The van der Waals surface area contributed by atoms with E-state index >= 15 is 0 Å². The van der Waals surface area contributed by atoms with Crippen molar-refractivity contribution in [3.8, 4) is 0 Å². The molecule has 0 saturated heterocycles. The van der Waals surface area contributed by atoms with E-state index in [1.54, 1.807) is 24.3 Å². The third-order valence-corrected chi connectivity index (χ3v) is 2.79. The van der Waals surface area contributed by atoms with E-state index in [9.17, 15) is 4.79 Å². The van der Waals surface area contributed by atoms with Crippen molar-refractivity contribution >= 4 is 35.2 Å². The van der Waals surface area contributed by atoms with E-state index in [2.05, 4.69) is 5.32 Å². The second-order valence-electron chi connectivity index (χ2n) is 4.15. The lowest BCUT2D eigenvalue weighted by molar-refractivity contribution is -0.116. The van der Waals surface area contributed by atoms with Crippen molar-refractivity contribution in [1.29, 1.82) is 0 Å². The number of hydrogen-bond acceptors (Lipinski definition) is 1. The molecule has 4 heteroatoms. The first-order valence-corrected chi connectivity index (χ1v) is 6.15. The zero-order valence-electron chi connectivity index (χ0n) is 9.84. The average Bonchev–Trinajstić information content (AvgIpc) is 2.28. The Morgan fingerprint density at radius 3 is 2.65 bits per heavy atom. The number of carbonyl (C=O) groups is 1. The van der Waals surface area contributed by atoms with Gasteiger partial charge in [-0.2, -0.15) is 0 Å². The van der Waals surface area contributed by atoms with Crippen LogP contribution in [0, 0.1) is 5.92 Å². The predicted octanol–water partition coefficient (Wildman–Crippen LogP) is 3.78. The Kier molecular flexibility index (Phi) is 5.52. The molecule has 0 spiro atoms. The third kappa shape index (κ3) is 5.24. The van der Waals surface area contributed by atoms with E-state index in [0.717, 1.165) is 5.56 Å². The second kappa shape index (κ2) is 6.67. The molecule has 1 aromatic carbocycles. The van der Waals surface area contributed by atoms with Gasteiger partial charge in [0.15, 0.2) is 0 Å². The van der Waals surface area contributed by atoms with E-state index in [-0.39, 0.29) is 5.91 Å². The molecular weight excluding hydrogens is 257 g/mol. The van der Waals surface area contributed by atoms with Crippen LogP contribution in [-0.4, -0.2) is 12.5 Å². The van der Waals surface area contributed by atoms with Crippen molar-refractivity contribution in [2.75, 3.05) is 6.54 Å². The summed E-state index contributed by atoms with van der Waals surface area (Å²) < 4.78 is 0. The van der Waals surface area contributed by atoms with Crippen LogP contribution in [-0.2, 0) is 4.79 Å². The summed E-state index contributed by atoms with van der Waals surface area (Å²) in [6.07, 6.45) is 3.19. The molecule has 92 valence electrons. The van der Waals surface area contributed by atoms with Gasteiger partial charge in [0.2, 0.25) is 5.91 Å². The molecule has 0 unspecified atom stereocenters. The molecule has 0 aliphatic heterocycles. The summed E-state index contributed by atoms with van der Waals surface area (Å²) in [6.45, 7) is 4.76. The minimum atomic E-state index is -0.107. The van der Waals surface area contributed by atoms with Crippen LogP contribution in [0.5, 0.6) is 0 Å². The van der Waals surface area contributed by atoms with Crippen LogP contribution in [0.2, 0.25) is 10.0 Å². The molecule has 0 heterocycles. The molecule has 1 amide bonds. The number of rotatable bonds is 4. The first kappa shape index (κ1) is 14.1. The van der Waals surface area contributed by atoms with Gasteiger partial charge < -0.3 is 5.32 Å². The standard InChI is InChI=1S/C13H15Cl2NO/c1-9(2)8-16-13(17)6-4-10-3-5-11(14)12(15)7-10/h3-7,9H,8H2,1-2H3,(H,16,17)/b6-4+. The summed E-state index contributed by atoms with van der Waals surface area (Å²) in [4.78, 5) is 11.4. The molecule has 0 atom stereocenters. The summed E-state index contributed by atoms with van der Waals surface area (Å²) >= 11 is 11.7. The van der Waals surface area contributed by atoms with Gasteiger partial charge in [0.25, 0.3) is 0 Å². The van der Waals surface area contributed by atoms with Gasteiger partial charge in [-0.1, -0.05) is 43.1 Å². The number of hydrogen-bond donors (Lipinski definition) is 1. The molecule has 2 nitrogen and oxygen atoms in total. The highest BCUT2D eigenvalue weighted by molar-refractivity contribution is 6.42. The SMILES string of the molecule is CC(C)CNC(=O)/C=C/c1ccc(Cl)c(Cl)c1. The molecule has 1 aromatic rings. The van der Waals surface area contributed by atoms with Crippen LogP contribution in [0.3, 0.4) is 0 Å². The van der Waals surface area contributed by atoms with Crippen LogP contribution in [0.15, 0.2) is 24.3 Å². The number of carbonyl (C=O) groups excluding carboxylic acids is 1. The smallest absolute Gasteiger partial charge is 0.244 e. The van der Waals surface area contributed by atoms with E-state index in [1.165, 1.54) is 6.08 Å². The van der Waals surface area contributed by atoms with Gasteiger partial charge in [-0.3, -0.25) is 4.79 Å². The number of nitrogens with one attached hydrogen (secondary N) is 1. The Bertz CT molecular complexity index is 427. The zero-order valence-corrected chi connectivity index (χ0v) is 11.3. The zero-order chi connectivity index (χ0) is 12.8. The maximum atomic E-state index is 11.4. The van der Waals surface area contributed by atoms with Gasteiger partial charge in [0.05, 0.1) is 10.0 Å². The lowest BCUT2D eigenvalue weighted by Gasteiger charge is -2.04. The van der Waals surface area contributed by atoms with Crippen LogP contribution in [0.25, 0.3) is 6.08 Å². The Balaban J connectivity index is 2.58. The van der Waals surface area contributed by atoms with Crippen LogP contribution in [0.1, 0.15) is 19.4 Å². The molecule has 1 rings (SSSR count). The molecule has 0 aliphatic rings. The lowest BCUT2D eigenvalue weighted by Crippen LogP contribution is -2.25. The highest BCUT2D eigenvalue weighted by Crippen LogP contribution is 2.22. The fourth-order valence-electron chi connectivity index (χ4n) is 1.15. The normalized spacial score (nSPS) is 11.1. The van der Waals surface area contributed by atoms with Gasteiger partial charge >= 0.3 is 0 Å². The van der Waals surface area contributed by atoms with E-state index in [1.807, 2.05) is 13.8 Å². The third-order valence-electron chi connectivity index (χ3n) is 2.06. The summed E-state index contributed by atoms with van der Waals surface area (Å²) in [6, 6.07) is 5.23. The van der Waals surface area contributed by atoms with Gasteiger partial charge in [0.1, 0.15) is 0 Å². The number of amides is 1. The van der Waals surface area contributed by atoms with Gasteiger partial charge in [-0.05, 0) is 29.7 Å². The molecule has 0 fully saturated rings. The summed E-state index contributed by atoms with van der Waals surface area (Å²) in [7, 11) is 0. The average molecular weight is 272 g/mol. The van der Waals surface area contributed by atoms with Crippen molar-refractivity contribution in [2.45, 2.75) is 13.8 Å². The molecule has 0 aliphatic carbocycles. The van der Waals surface area contributed by atoms with Gasteiger partial charge in [-0.15, -0.1) is 0 Å². The Morgan fingerprint density at radius 2 is 2.06 bits per heavy atom. The largest absolute Gasteiger partial charge is 0.352 e. The van der Waals surface area contributed by atoms with Gasteiger partial charge in [0, 0.05) is 12.6 Å². The van der Waals surface area contributed by atoms with Crippen LogP contribution < -0.4 is 5.32 Å². The van der Waals surface area contributed by atoms with Crippen molar-refractivity contribution in [3.05, 3.63) is 39.9 Å². The Morgan fingerprint density at radius 1 is 1.35 bits per heavy atom. The fraction of sp³-hybridized carbons (Fsp3) is 0.308. The maximum Gasteiger partial charge on any atom is 0.244 e. The van der Waals surface area contributed by atoms with E-state index < -0.39 is 0 Å². The molecular formula is C13H15Cl2NO. The molecule has 0 bridgehead atoms. The van der Waals surface area contributed by atoms with Crippen molar-refractivity contribution in [3.63, 3.8) is 0 Å². The maximum absolute atomic E-state index is 11.4. The number of benzene rings is 1. The summed E-state index contributed by atoms with van der Waals surface area (Å²) in [5.41, 5.74) is 0.846. The molecule has 0 saturated carbocycles. The molecule has 1 N–H and O–H groups in total.